The largest absolute Gasteiger partial charge is 0.399 e. The minimum Gasteiger partial charge on any atom is -0.399 e. The van der Waals surface area contributed by atoms with Crippen molar-refractivity contribution in [1.29, 1.82) is 5.26 Å². The van der Waals surface area contributed by atoms with Gasteiger partial charge >= 0.3 is 0 Å². The maximum atomic E-state index is 14.0. The summed E-state index contributed by atoms with van der Waals surface area (Å²) in [5.41, 5.74) is 8.59. The molecule has 1 heterocycles. The molecular formula is C15H11FN4S. The van der Waals surface area contributed by atoms with E-state index < -0.39 is 5.82 Å². The molecule has 0 saturated heterocycles. The second-order valence-corrected chi connectivity index (χ2v) is 5.46. The number of aromatic amines is 1. The predicted molar refractivity (Wildman–Crippen MR) is 81.2 cm³/mol. The van der Waals surface area contributed by atoms with Crippen molar-refractivity contribution >= 4 is 28.5 Å². The van der Waals surface area contributed by atoms with Gasteiger partial charge in [0.2, 0.25) is 0 Å². The third-order valence-corrected chi connectivity index (χ3v) is 3.97. The quantitative estimate of drug-likeness (QED) is 0.573. The summed E-state index contributed by atoms with van der Waals surface area (Å²) in [6.45, 7) is 0. The van der Waals surface area contributed by atoms with E-state index in [0.717, 1.165) is 11.0 Å². The molecule has 0 amide bonds. The Labute approximate surface area is 124 Å². The van der Waals surface area contributed by atoms with Crippen LogP contribution >= 0.6 is 11.8 Å². The number of anilines is 1. The fourth-order valence-corrected chi connectivity index (χ4v) is 2.86. The molecule has 104 valence electrons. The molecule has 21 heavy (non-hydrogen) atoms. The zero-order valence-electron chi connectivity index (χ0n) is 10.9. The summed E-state index contributed by atoms with van der Waals surface area (Å²) in [6.07, 6.45) is 0. The molecule has 2 aromatic carbocycles. The van der Waals surface area contributed by atoms with Crippen LogP contribution in [0.3, 0.4) is 0 Å². The van der Waals surface area contributed by atoms with Crippen molar-refractivity contribution in [2.45, 2.75) is 10.9 Å². The zero-order valence-corrected chi connectivity index (χ0v) is 11.7. The van der Waals surface area contributed by atoms with E-state index in [1.165, 1.54) is 17.8 Å². The first-order valence-corrected chi connectivity index (χ1v) is 7.21. The van der Waals surface area contributed by atoms with E-state index in [4.69, 9.17) is 11.0 Å². The molecule has 0 saturated carbocycles. The summed E-state index contributed by atoms with van der Waals surface area (Å²) < 4.78 is 14.0. The minimum atomic E-state index is -0.465. The molecule has 0 aliphatic heterocycles. The van der Waals surface area contributed by atoms with E-state index in [-0.39, 0.29) is 5.56 Å². The molecule has 0 unspecified atom stereocenters. The third-order valence-electron chi connectivity index (χ3n) is 3.05. The number of hydrogen-bond donors (Lipinski definition) is 2. The van der Waals surface area contributed by atoms with Crippen molar-refractivity contribution in [3.8, 4) is 6.07 Å². The topological polar surface area (TPSA) is 78.5 Å². The van der Waals surface area contributed by atoms with Gasteiger partial charge in [-0.1, -0.05) is 23.9 Å². The summed E-state index contributed by atoms with van der Waals surface area (Å²) in [4.78, 5) is 7.54. The van der Waals surface area contributed by atoms with Gasteiger partial charge < -0.3 is 10.7 Å². The van der Waals surface area contributed by atoms with Gasteiger partial charge in [0.1, 0.15) is 11.9 Å². The zero-order chi connectivity index (χ0) is 14.8. The van der Waals surface area contributed by atoms with Gasteiger partial charge in [-0.2, -0.15) is 5.26 Å². The Hall–Kier alpha value is -2.52. The Kier molecular flexibility index (Phi) is 3.50. The Balaban J connectivity index is 1.82. The van der Waals surface area contributed by atoms with Crippen LogP contribution in [-0.2, 0) is 5.75 Å². The van der Waals surface area contributed by atoms with Crippen LogP contribution in [0.25, 0.3) is 11.0 Å². The number of nitrogen functional groups attached to an aromatic ring is 1. The first kappa shape index (κ1) is 13.5. The van der Waals surface area contributed by atoms with Crippen molar-refractivity contribution in [2.24, 2.45) is 0 Å². The standard InChI is InChI=1S/C15H11FN4S/c16-14-9(7-17)2-1-3-10(14)8-21-15-19-12-5-4-11(18)6-13(12)20-15/h1-6H,8,18H2,(H,19,20). The molecule has 3 N–H and O–H groups in total. The van der Waals surface area contributed by atoms with Gasteiger partial charge in [0.15, 0.2) is 5.16 Å². The van der Waals surface area contributed by atoms with Crippen LogP contribution in [0, 0.1) is 17.1 Å². The Morgan fingerprint density at radius 3 is 3.00 bits per heavy atom. The summed E-state index contributed by atoms with van der Waals surface area (Å²) in [6, 6.07) is 12.1. The number of H-pyrrole nitrogens is 1. The lowest BCUT2D eigenvalue weighted by Crippen LogP contribution is -1.92. The highest BCUT2D eigenvalue weighted by atomic mass is 32.2. The van der Waals surface area contributed by atoms with Crippen LogP contribution in [-0.4, -0.2) is 9.97 Å². The van der Waals surface area contributed by atoms with E-state index in [0.29, 0.717) is 22.2 Å². The van der Waals surface area contributed by atoms with Crippen molar-refractivity contribution in [3.05, 3.63) is 53.3 Å². The summed E-state index contributed by atoms with van der Waals surface area (Å²) in [5.74, 6) is -0.0655. The highest BCUT2D eigenvalue weighted by molar-refractivity contribution is 7.98. The summed E-state index contributed by atoms with van der Waals surface area (Å²) in [7, 11) is 0. The summed E-state index contributed by atoms with van der Waals surface area (Å²) >= 11 is 1.38. The van der Waals surface area contributed by atoms with Crippen molar-refractivity contribution in [1.82, 2.24) is 9.97 Å². The van der Waals surface area contributed by atoms with Crippen LogP contribution in [0.15, 0.2) is 41.6 Å². The molecule has 0 aliphatic carbocycles. The molecule has 0 bridgehead atoms. The number of hydrogen-bond acceptors (Lipinski definition) is 4. The van der Waals surface area contributed by atoms with Crippen molar-refractivity contribution in [3.63, 3.8) is 0 Å². The second kappa shape index (κ2) is 5.46. The fourth-order valence-electron chi connectivity index (χ4n) is 2.00. The van der Waals surface area contributed by atoms with Gasteiger partial charge in [-0.3, -0.25) is 0 Å². The SMILES string of the molecule is N#Cc1cccc(CSc2nc3ccc(N)cc3[nH]2)c1F. The number of fused-ring (bicyclic) bond motifs is 1. The second-order valence-electron chi connectivity index (χ2n) is 4.50. The number of rotatable bonds is 3. The Morgan fingerprint density at radius 2 is 2.19 bits per heavy atom. The van der Waals surface area contributed by atoms with Gasteiger partial charge in [-0.15, -0.1) is 0 Å². The fraction of sp³-hybridized carbons (Fsp3) is 0.0667. The molecule has 1 aromatic heterocycles. The molecule has 6 heteroatoms. The number of nitriles is 1. The first-order chi connectivity index (χ1) is 10.2. The van der Waals surface area contributed by atoms with Gasteiger partial charge in [-0.25, -0.2) is 9.37 Å². The highest BCUT2D eigenvalue weighted by Gasteiger charge is 2.09. The van der Waals surface area contributed by atoms with Crippen molar-refractivity contribution in [2.75, 3.05) is 5.73 Å². The number of thioether (sulfide) groups is 1. The van der Waals surface area contributed by atoms with Crippen LogP contribution in [0.4, 0.5) is 10.1 Å². The molecule has 3 aromatic rings. The molecule has 4 nitrogen and oxygen atoms in total. The van der Waals surface area contributed by atoms with E-state index in [9.17, 15) is 4.39 Å². The van der Waals surface area contributed by atoms with Crippen molar-refractivity contribution < 1.29 is 4.39 Å². The monoisotopic (exact) mass is 298 g/mol. The van der Waals surface area contributed by atoms with E-state index in [1.54, 1.807) is 18.2 Å². The van der Waals surface area contributed by atoms with E-state index in [1.807, 2.05) is 18.2 Å². The molecule has 0 fully saturated rings. The molecule has 0 aliphatic rings. The number of halogens is 1. The van der Waals surface area contributed by atoms with Crippen LogP contribution in [0.2, 0.25) is 0 Å². The van der Waals surface area contributed by atoms with Crippen LogP contribution < -0.4 is 5.73 Å². The van der Waals surface area contributed by atoms with E-state index >= 15 is 0 Å². The van der Waals surface area contributed by atoms with Gasteiger partial charge in [0, 0.05) is 11.4 Å². The number of aromatic nitrogens is 2. The van der Waals surface area contributed by atoms with Crippen LogP contribution in [0.1, 0.15) is 11.1 Å². The highest BCUT2D eigenvalue weighted by Crippen LogP contribution is 2.25. The third kappa shape index (κ3) is 2.69. The lowest BCUT2D eigenvalue weighted by Gasteiger charge is -2.02. The van der Waals surface area contributed by atoms with Gasteiger partial charge in [0.25, 0.3) is 0 Å². The van der Waals surface area contributed by atoms with Crippen LogP contribution in [0.5, 0.6) is 0 Å². The Morgan fingerprint density at radius 1 is 1.33 bits per heavy atom. The molecule has 0 radical (unpaired) electrons. The summed E-state index contributed by atoms with van der Waals surface area (Å²) in [5, 5.41) is 9.51. The van der Waals surface area contributed by atoms with E-state index in [2.05, 4.69) is 9.97 Å². The molecule has 0 atom stereocenters. The lowest BCUT2D eigenvalue weighted by atomic mass is 10.1. The number of benzene rings is 2. The molecule has 0 spiro atoms. The minimum absolute atomic E-state index is 0.0606. The van der Waals surface area contributed by atoms with Gasteiger partial charge in [0.05, 0.1) is 16.6 Å². The average molecular weight is 298 g/mol. The first-order valence-electron chi connectivity index (χ1n) is 6.23. The predicted octanol–water partition coefficient (Wildman–Crippen LogP) is 3.45. The number of nitrogens with one attached hydrogen (secondary N) is 1. The average Bonchev–Trinajstić information content (AvgIpc) is 2.88. The Bertz CT molecular complexity index is 850. The maximum absolute atomic E-state index is 14.0. The number of nitrogens with two attached hydrogens (primary N) is 1. The molecule has 3 rings (SSSR count). The maximum Gasteiger partial charge on any atom is 0.166 e. The number of nitrogens with zero attached hydrogens (tertiary/aromatic N) is 2. The smallest absolute Gasteiger partial charge is 0.166 e. The van der Waals surface area contributed by atoms with Gasteiger partial charge in [-0.05, 0) is 29.8 Å². The normalized spacial score (nSPS) is 10.7. The molecular weight excluding hydrogens is 287 g/mol. The lowest BCUT2D eigenvalue weighted by molar-refractivity contribution is 0.613. The number of imidazole rings is 1.